The van der Waals surface area contributed by atoms with Crippen molar-refractivity contribution in [2.45, 2.75) is 39.7 Å². The molecule has 0 radical (unpaired) electrons. The summed E-state index contributed by atoms with van der Waals surface area (Å²) in [5.41, 5.74) is 2.59. The Hall–Kier alpha value is -1.82. The Morgan fingerprint density at radius 3 is 2.63 bits per heavy atom. The van der Waals surface area contributed by atoms with Crippen LogP contribution in [0, 0.1) is 6.92 Å². The summed E-state index contributed by atoms with van der Waals surface area (Å²) >= 11 is 0. The topological polar surface area (TPSA) is 76.7 Å². The molecule has 0 aliphatic rings. The highest BCUT2D eigenvalue weighted by atomic mass is 16.4. The first-order chi connectivity index (χ1) is 9.19. The van der Waals surface area contributed by atoms with Crippen molar-refractivity contribution in [2.75, 3.05) is 7.05 Å². The number of hydrogen-bond donors (Lipinski definition) is 1. The van der Waals surface area contributed by atoms with Crippen molar-refractivity contribution in [3.63, 3.8) is 0 Å². The van der Waals surface area contributed by atoms with E-state index >= 15 is 0 Å². The van der Waals surface area contributed by atoms with Gasteiger partial charge in [-0.05, 0) is 32.9 Å². The Balaban J connectivity index is 2.40. The summed E-state index contributed by atoms with van der Waals surface area (Å²) in [7, 11) is 1.88. The average Bonchev–Trinajstić information content (AvgIpc) is 2.89. The molecule has 2 rings (SSSR count). The quantitative estimate of drug-likeness (QED) is 0.887. The Kier molecular flexibility index (Phi) is 4.21. The zero-order chi connectivity index (χ0) is 13.8. The van der Waals surface area contributed by atoms with Crippen LogP contribution in [0.1, 0.15) is 43.6 Å². The van der Waals surface area contributed by atoms with Crippen molar-refractivity contribution in [1.29, 1.82) is 0 Å². The molecule has 0 saturated carbocycles. The molecule has 0 bridgehead atoms. The van der Waals surface area contributed by atoms with Gasteiger partial charge in [-0.1, -0.05) is 13.8 Å². The Morgan fingerprint density at radius 2 is 2.00 bits per heavy atom. The third-order valence-electron chi connectivity index (χ3n) is 3.05. The summed E-state index contributed by atoms with van der Waals surface area (Å²) in [5.74, 6) is 1.12. The van der Waals surface area contributed by atoms with Crippen LogP contribution in [0.15, 0.2) is 10.5 Å². The molecule has 2 heterocycles. The van der Waals surface area contributed by atoms with Crippen molar-refractivity contribution in [3.8, 4) is 11.5 Å². The SMILES string of the molecule is CCc1nnc(C)cc1-c1nnc(C(CC)NC)o1. The summed E-state index contributed by atoms with van der Waals surface area (Å²) in [5, 5.41) is 19.6. The van der Waals surface area contributed by atoms with Gasteiger partial charge in [0.2, 0.25) is 11.8 Å². The monoisotopic (exact) mass is 261 g/mol. The number of nitrogens with one attached hydrogen (secondary N) is 1. The number of hydrogen-bond acceptors (Lipinski definition) is 6. The molecule has 2 aromatic rings. The molecule has 6 nitrogen and oxygen atoms in total. The van der Waals surface area contributed by atoms with Gasteiger partial charge in [0.05, 0.1) is 23.0 Å². The first-order valence-electron chi connectivity index (χ1n) is 6.53. The van der Waals surface area contributed by atoms with E-state index in [0.29, 0.717) is 11.8 Å². The van der Waals surface area contributed by atoms with Gasteiger partial charge < -0.3 is 9.73 Å². The van der Waals surface area contributed by atoms with E-state index in [2.05, 4.69) is 32.6 Å². The van der Waals surface area contributed by atoms with E-state index in [1.165, 1.54) is 0 Å². The first-order valence-corrected chi connectivity index (χ1v) is 6.53. The van der Waals surface area contributed by atoms with Gasteiger partial charge in [-0.2, -0.15) is 10.2 Å². The summed E-state index contributed by atoms with van der Waals surface area (Å²) in [6.07, 6.45) is 1.68. The van der Waals surface area contributed by atoms with E-state index in [-0.39, 0.29) is 6.04 Å². The fraction of sp³-hybridized carbons (Fsp3) is 0.538. The molecule has 0 fully saturated rings. The largest absolute Gasteiger partial charge is 0.419 e. The summed E-state index contributed by atoms with van der Waals surface area (Å²) in [6, 6.07) is 2.02. The van der Waals surface area contributed by atoms with Crippen LogP contribution >= 0.6 is 0 Å². The molecule has 1 unspecified atom stereocenters. The highest BCUT2D eigenvalue weighted by Gasteiger charge is 2.18. The van der Waals surface area contributed by atoms with E-state index in [9.17, 15) is 0 Å². The Bertz CT molecular complexity index is 548. The molecule has 0 saturated heterocycles. The molecule has 0 amide bonds. The van der Waals surface area contributed by atoms with Crippen LogP contribution in [0.3, 0.4) is 0 Å². The maximum Gasteiger partial charge on any atom is 0.249 e. The number of nitrogens with zero attached hydrogens (tertiary/aromatic N) is 4. The molecule has 1 N–H and O–H groups in total. The standard InChI is InChI=1S/C13H19N5O/c1-5-10-9(7-8(3)15-16-10)12-17-18-13(19-12)11(6-2)14-4/h7,11,14H,5-6H2,1-4H3. The van der Waals surface area contributed by atoms with Gasteiger partial charge in [0.25, 0.3) is 0 Å². The zero-order valence-electron chi connectivity index (χ0n) is 11.8. The second-order valence-electron chi connectivity index (χ2n) is 4.39. The maximum atomic E-state index is 5.76. The van der Waals surface area contributed by atoms with Crippen molar-refractivity contribution in [3.05, 3.63) is 23.3 Å². The third-order valence-corrected chi connectivity index (χ3v) is 3.05. The molecule has 0 spiro atoms. The predicted octanol–water partition coefficient (Wildman–Crippen LogP) is 2.07. The van der Waals surface area contributed by atoms with Crippen LogP contribution in [0.2, 0.25) is 0 Å². The van der Waals surface area contributed by atoms with Gasteiger partial charge in [0.15, 0.2) is 0 Å². The third kappa shape index (κ3) is 2.78. The summed E-state index contributed by atoms with van der Waals surface area (Å²) < 4.78 is 5.76. The van der Waals surface area contributed by atoms with Crippen molar-refractivity contribution in [1.82, 2.24) is 25.7 Å². The number of aryl methyl sites for hydroxylation is 2. The minimum Gasteiger partial charge on any atom is -0.419 e. The average molecular weight is 261 g/mol. The minimum absolute atomic E-state index is 0.0854. The van der Waals surface area contributed by atoms with Crippen molar-refractivity contribution in [2.24, 2.45) is 0 Å². The molecule has 6 heteroatoms. The smallest absolute Gasteiger partial charge is 0.249 e. The van der Waals surface area contributed by atoms with Gasteiger partial charge >= 0.3 is 0 Å². The molecule has 0 aliphatic carbocycles. The molecular formula is C13H19N5O. The molecule has 19 heavy (non-hydrogen) atoms. The lowest BCUT2D eigenvalue weighted by Gasteiger charge is -2.07. The fourth-order valence-corrected chi connectivity index (χ4v) is 1.95. The fourth-order valence-electron chi connectivity index (χ4n) is 1.95. The van der Waals surface area contributed by atoms with E-state index in [1.807, 2.05) is 27.0 Å². The Labute approximate surface area is 112 Å². The van der Waals surface area contributed by atoms with Crippen LogP contribution in [-0.2, 0) is 6.42 Å². The van der Waals surface area contributed by atoms with E-state index < -0.39 is 0 Å². The van der Waals surface area contributed by atoms with Gasteiger partial charge in [-0.15, -0.1) is 10.2 Å². The molecule has 0 aliphatic heterocycles. The van der Waals surface area contributed by atoms with Crippen LogP contribution in [-0.4, -0.2) is 27.4 Å². The highest BCUT2D eigenvalue weighted by Crippen LogP contribution is 2.24. The van der Waals surface area contributed by atoms with Crippen LogP contribution in [0.5, 0.6) is 0 Å². The van der Waals surface area contributed by atoms with Crippen molar-refractivity contribution < 1.29 is 4.42 Å². The summed E-state index contributed by atoms with van der Waals surface area (Å²) in [4.78, 5) is 0. The second-order valence-corrected chi connectivity index (χ2v) is 4.39. The Morgan fingerprint density at radius 1 is 1.21 bits per heavy atom. The number of aromatic nitrogens is 4. The van der Waals surface area contributed by atoms with Gasteiger partial charge in [-0.25, -0.2) is 0 Å². The molecule has 102 valence electrons. The zero-order valence-corrected chi connectivity index (χ0v) is 11.8. The molecule has 0 aromatic carbocycles. The molecule has 1 atom stereocenters. The molecule has 2 aromatic heterocycles. The lowest BCUT2D eigenvalue weighted by atomic mass is 10.1. The summed E-state index contributed by atoms with van der Waals surface area (Å²) in [6.45, 7) is 6.00. The van der Waals surface area contributed by atoms with Gasteiger partial charge in [0.1, 0.15) is 0 Å². The molecular weight excluding hydrogens is 242 g/mol. The van der Waals surface area contributed by atoms with Crippen LogP contribution < -0.4 is 5.32 Å². The van der Waals surface area contributed by atoms with Crippen LogP contribution in [0.25, 0.3) is 11.5 Å². The van der Waals surface area contributed by atoms with E-state index in [1.54, 1.807) is 0 Å². The second kappa shape index (κ2) is 5.88. The van der Waals surface area contributed by atoms with Crippen LogP contribution in [0.4, 0.5) is 0 Å². The maximum absolute atomic E-state index is 5.76. The van der Waals surface area contributed by atoms with Crippen molar-refractivity contribution >= 4 is 0 Å². The first kappa shape index (κ1) is 13.6. The predicted molar refractivity (Wildman–Crippen MR) is 71.5 cm³/mol. The van der Waals surface area contributed by atoms with Gasteiger partial charge in [-0.3, -0.25) is 0 Å². The minimum atomic E-state index is 0.0854. The lowest BCUT2D eigenvalue weighted by molar-refractivity contribution is 0.415. The van der Waals surface area contributed by atoms with E-state index in [4.69, 9.17) is 4.42 Å². The normalized spacial score (nSPS) is 12.6. The highest BCUT2D eigenvalue weighted by molar-refractivity contribution is 5.56. The van der Waals surface area contributed by atoms with E-state index in [0.717, 1.165) is 29.8 Å². The number of rotatable bonds is 5. The lowest BCUT2D eigenvalue weighted by Crippen LogP contribution is -2.15. The van der Waals surface area contributed by atoms with Gasteiger partial charge in [0, 0.05) is 0 Å².